The summed E-state index contributed by atoms with van der Waals surface area (Å²) in [6, 6.07) is 7.43. The van der Waals surface area contributed by atoms with Gasteiger partial charge in [-0.25, -0.2) is 0 Å². The van der Waals surface area contributed by atoms with E-state index in [2.05, 4.69) is 0 Å². The van der Waals surface area contributed by atoms with Gasteiger partial charge in [0.15, 0.2) is 11.5 Å². The van der Waals surface area contributed by atoms with Gasteiger partial charge in [0.2, 0.25) is 0 Å². The van der Waals surface area contributed by atoms with Crippen LogP contribution in [-0.4, -0.2) is 22.8 Å². The van der Waals surface area contributed by atoms with E-state index in [4.69, 9.17) is 0 Å². The van der Waals surface area contributed by atoms with Gasteiger partial charge in [0.25, 0.3) is 5.91 Å². The molecule has 1 aromatic rings. The van der Waals surface area contributed by atoms with E-state index in [1.54, 1.807) is 4.90 Å². The normalized spacial score (nSPS) is 21.5. The van der Waals surface area contributed by atoms with E-state index >= 15 is 0 Å². The summed E-state index contributed by atoms with van der Waals surface area (Å²) in [7, 11) is 0. The standard InChI is InChI=1S/C22H29NO3/c1-3-4-10-18(24)19-20(16-8-6-5-7-9-16)23(22(26)21(19)25)17-13-11-15(2)12-14-17/h11-14,16,20,25H,3-10H2,1-2H3. The van der Waals surface area contributed by atoms with E-state index in [1.165, 1.54) is 6.42 Å². The highest BCUT2D eigenvalue weighted by molar-refractivity contribution is 6.16. The van der Waals surface area contributed by atoms with Crippen molar-refractivity contribution >= 4 is 17.4 Å². The number of nitrogens with zero attached hydrogens (tertiary/aromatic N) is 1. The molecule has 1 amide bonds. The van der Waals surface area contributed by atoms with Crippen LogP contribution in [0.2, 0.25) is 0 Å². The minimum Gasteiger partial charge on any atom is -0.503 e. The molecule has 0 spiro atoms. The molecule has 1 fully saturated rings. The van der Waals surface area contributed by atoms with Gasteiger partial charge < -0.3 is 5.11 Å². The summed E-state index contributed by atoms with van der Waals surface area (Å²) in [6.45, 7) is 4.04. The number of Topliss-reactive ketones (excluding diaryl/α,β-unsaturated/α-hetero) is 1. The molecule has 0 aromatic heterocycles. The predicted octanol–water partition coefficient (Wildman–Crippen LogP) is 4.86. The second-order valence-corrected chi connectivity index (χ2v) is 7.64. The summed E-state index contributed by atoms with van der Waals surface area (Å²) >= 11 is 0. The Morgan fingerprint density at radius 2 is 1.81 bits per heavy atom. The number of unbranched alkanes of at least 4 members (excludes halogenated alkanes) is 1. The smallest absolute Gasteiger partial charge is 0.294 e. The second kappa shape index (κ2) is 8.07. The molecule has 140 valence electrons. The number of benzene rings is 1. The van der Waals surface area contributed by atoms with Crippen LogP contribution in [0.5, 0.6) is 0 Å². The van der Waals surface area contributed by atoms with Gasteiger partial charge in [-0.15, -0.1) is 0 Å². The first-order chi connectivity index (χ1) is 12.5. The summed E-state index contributed by atoms with van der Waals surface area (Å²) in [5.74, 6) is -0.589. The molecule has 2 aliphatic rings. The number of amides is 1. The monoisotopic (exact) mass is 355 g/mol. The van der Waals surface area contributed by atoms with Gasteiger partial charge in [-0.1, -0.05) is 50.3 Å². The van der Waals surface area contributed by atoms with Crippen LogP contribution >= 0.6 is 0 Å². The van der Waals surface area contributed by atoms with Crippen molar-refractivity contribution in [2.75, 3.05) is 4.90 Å². The summed E-state index contributed by atoms with van der Waals surface area (Å²) in [5.41, 5.74) is 2.24. The van der Waals surface area contributed by atoms with E-state index in [0.717, 1.165) is 49.8 Å². The van der Waals surface area contributed by atoms with E-state index in [-0.39, 0.29) is 23.5 Å². The zero-order valence-electron chi connectivity index (χ0n) is 15.8. The third-order valence-corrected chi connectivity index (χ3v) is 5.72. The summed E-state index contributed by atoms with van der Waals surface area (Å²) in [4.78, 5) is 27.4. The number of carbonyl (C=O) groups is 2. The molecule has 1 aliphatic carbocycles. The van der Waals surface area contributed by atoms with Gasteiger partial charge in [0.1, 0.15) is 0 Å². The number of carbonyl (C=O) groups excluding carboxylic acids is 2. The SMILES string of the molecule is CCCCC(=O)C1=C(O)C(=O)N(c2ccc(C)cc2)C1C1CCCCC1. The fourth-order valence-corrected chi connectivity index (χ4v) is 4.27. The Labute approximate surface area is 155 Å². The second-order valence-electron chi connectivity index (χ2n) is 7.64. The molecule has 0 bridgehead atoms. The van der Waals surface area contributed by atoms with Crippen molar-refractivity contribution in [2.24, 2.45) is 5.92 Å². The van der Waals surface area contributed by atoms with Crippen molar-refractivity contribution in [3.8, 4) is 0 Å². The number of hydrogen-bond acceptors (Lipinski definition) is 3. The van der Waals surface area contributed by atoms with Crippen LogP contribution in [0.4, 0.5) is 5.69 Å². The molecule has 1 unspecified atom stereocenters. The number of hydrogen-bond donors (Lipinski definition) is 1. The van der Waals surface area contributed by atoms with Crippen LogP contribution < -0.4 is 4.90 Å². The molecule has 3 rings (SSSR count). The zero-order valence-corrected chi connectivity index (χ0v) is 15.8. The number of aliphatic hydroxyl groups is 1. The maximum atomic E-state index is 12.9. The zero-order chi connectivity index (χ0) is 18.7. The molecule has 0 radical (unpaired) electrons. The van der Waals surface area contributed by atoms with Crippen LogP contribution in [0.25, 0.3) is 0 Å². The van der Waals surface area contributed by atoms with Crippen molar-refractivity contribution < 1.29 is 14.7 Å². The Kier molecular flexibility index (Phi) is 5.80. The molecule has 1 aromatic carbocycles. The minimum absolute atomic E-state index is 0.0668. The predicted molar refractivity (Wildman–Crippen MR) is 103 cm³/mol. The fraction of sp³-hybridized carbons (Fsp3) is 0.545. The van der Waals surface area contributed by atoms with E-state index in [9.17, 15) is 14.7 Å². The van der Waals surface area contributed by atoms with Crippen LogP contribution in [0, 0.1) is 12.8 Å². The number of rotatable bonds is 6. The molecule has 1 atom stereocenters. The highest BCUT2D eigenvalue weighted by Gasteiger charge is 2.46. The van der Waals surface area contributed by atoms with Gasteiger partial charge in [-0.05, 0) is 44.2 Å². The Balaban J connectivity index is 1.99. The molecule has 1 aliphatic heterocycles. The highest BCUT2D eigenvalue weighted by atomic mass is 16.3. The first-order valence-corrected chi connectivity index (χ1v) is 9.91. The molecular formula is C22H29NO3. The lowest BCUT2D eigenvalue weighted by Gasteiger charge is -2.35. The van der Waals surface area contributed by atoms with Crippen LogP contribution in [-0.2, 0) is 9.59 Å². The average molecular weight is 355 g/mol. The molecule has 1 heterocycles. The topological polar surface area (TPSA) is 57.6 Å². The third kappa shape index (κ3) is 3.55. The van der Waals surface area contributed by atoms with Crippen molar-refractivity contribution in [3.05, 3.63) is 41.2 Å². The van der Waals surface area contributed by atoms with Crippen LogP contribution in [0.15, 0.2) is 35.6 Å². The first kappa shape index (κ1) is 18.7. The van der Waals surface area contributed by atoms with Crippen molar-refractivity contribution in [1.82, 2.24) is 0 Å². The Hall–Kier alpha value is -2.10. The molecular weight excluding hydrogens is 326 g/mol. The molecule has 4 nitrogen and oxygen atoms in total. The minimum atomic E-state index is -0.427. The maximum Gasteiger partial charge on any atom is 0.294 e. The lowest BCUT2D eigenvalue weighted by molar-refractivity contribution is -0.118. The summed E-state index contributed by atoms with van der Waals surface area (Å²) in [6.07, 6.45) is 7.54. The van der Waals surface area contributed by atoms with Crippen LogP contribution in [0.1, 0.15) is 63.9 Å². The molecule has 1 saturated carbocycles. The Morgan fingerprint density at radius 3 is 2.42 bits per heavy atom. The Morgan fingerprint density at radius 1 is 1.15 bits per heavy atom. The number of anilines is 1. The van der Waals surface area contributed by atoms with Crippen molar-refractivity contribution in [3.63, 3.8) is 0 Å². The van der Waals surface area contributed by atoms with Gasteiger partial charge >= 0.3 is 0 Å². The maximum absolute atomic E-state index is 12.9. The van der Waals surface area contributed by atoms with Gasteiger partial charge in [0.05, 0.1) is 11.6 Å². The lowest BCUT2D eigenvalue weighted by atomic mass is 9.79. The summed E-state index contributed by atoms with van der Waals surface area (Å²) < 4.78 is 0. The highest BCUT2D eigenvalue weighted by Crippen LogP contribution is 2.40. The van der Waals surface area contributed by atoms with Gasteiger partial charge in [-0.2, -0.15) is 0 Å². The summed E-state index contributed by atoms with van der Waals surface area (Å²) in [5, 5.41) is 10.6. The third-order valence-electron chi connectivity index (χ3n) is 5.72. The average Bonchev–Trinajstić information content (AvgIpc) is 2.92. The quantitative estimate of drug-likeness (QED) is 0.792. The number of aliphatic hydroxyl groups excluding tert-OH is 1. The molecule has 1 N–H and O–H groups in total. The fourth-order valence-electron chi connectivity index (χ4n) is 4.27. The van der Waals surface area contributed by atoms with E-state index < -0.39 is 5.91 Å². The number of ketones is 1. The molecule has 4 heteroatoms. The van der Waals surface area contributed by atoms with Gasteiger partial charge in [0, 0.05) is 12.1 Å². The largest absolute Gasteiger partial charge is 0.503 e. The Bertz CT molecular complexity index is 699. The lowest BCUT2D eigenvalue weighted by Crippen LogP contribution is -2.42. The van der Waals surface area contributed by atoms with E-state index in [1.807, 2.05) is 38.1 Å². The van der Waals surface area contributed by atoms with Crippen molar-refractivity contribution in [2.45, 2.75) is 71.3 Å². The molecule has 26 heavy (non-hydrogen) atoms. The van der Waals surface area contributed by atoms with Crippen molar-refractivity contribution in [1.29, 1.82) is 0 Å². The first-order valence-electron chi connectivity index (χ1n) is 9.91. The number of aryl methyl sites for hydroxylation is 1. The van der Waals surface area contributed by atoms with E-state index in [0.29, 0.717) is 12.0 Å². The molecule has 0 saturated heterocycles. The van der Waals surface area contributed by atoms with Crippen LogP contribution in [0.3, 0.4) is 0 Å². The van der Waals surface area contributed by atoms with Gasteiger partial charge in [-0.3, -0.25) is 14.5 Å².